The molecule has 1 aromatic heterocycles. The molecule has 5 nitrogen and oxygen atoms in total. The van der Waals surface area contributed by atoms with Crippen molar-refractivity contribution >= 4 is 17.7 Å². The van der Waals surface area contributed by atoms with E-state index in [9.17, 15) is 4.79 Å². The molecule has 5 rings (SSSR count). The molecule has 2 aromatic carbocycles. The lowest BCUT2D eigenvalue weighted by Crippen LogP contribution is -2.47. The number of nitrogens with one attached hydrogen (secondary N) is 1. The minimum atomic E-state index is -0.496. The van der Waals surface area contributed by atoms with Gasteiger partial charge in [-0.2, -0.15) is 5.10 Å². The molecule has 34 heavy (non-hydrogen) atoms. The summed E-state index contributed by atoms with van der Waals surface area (Å²) >= 11 is 6.21. The van der Waals surface area contributed by atoms with Gasteiger partial charge in [-0.1, -0.05) is 48.0 Å². The van der Waals surface area contributed by atoms with Crippen molar-refractivity contribution in [1.29, 1.82) is 0 Å². The third-order valence-corrected chi connectivity index (χ3v) is 7.32. The van der Waals surface area contributed by atoms with Crippen LogP contribution in [0.5, 0.6) is 0 Å². The van der Waals surface area contributed by atoms with Gasteiger partial charge in [0.1, 0.15) is 5.60 Å². The first-order valence-electron chi connectivity index (χ1n) is 12.1. The molecular formula is C28H32ClN3O2. The Morgan fingerprint density at radius 1 is 1.03 bits per heavy atom. The summed E-state index contributed by atoms with van der Waals surface area (Å²) in [6.07, 6.45) is 5.83. The molecule has 2 aliphatic rings. The van der Waals surface area contributed by atoms with Crippen molar-refractivity contribution < 1.29 is 9.53 Å². The monoisotopic (exact) mass is 477 g/mol. The van der Waals surface area contributed by atoms with Gasteiger partial charge in [-0.3, -0.25) is 5.10 Å². The van der Waals surface area contributed by atoms with Gasteiger partial charge in [0.25, 0.3) is 0 Å². The smallest absolute Gasteiger partial charge is 0.410 e. The number of rotatable bonds is 4. The molecule has 0 radical (unpaired) electrons. The van der Waals surface area contributed by atoms with Crippen LogP contribution in [0.2, 0.25) is 5.02 Å². The van der Waals surface area contributed by atoms with E-state index in [1.165, 1.54) is 40.8 Å². The van der Waals surface area contributed by atoms with Crippen molar-refractivity contribution in [3.8, 4) is 11.1 Å². The molecule has 2 fully saturated rings. The van der Waals surface area contributed by atoms with Gasteiger partial charge in [0.05, 0.1) is 6.20 Å². The lowest BCUT2D eigenvalue weighted by molar-refractivity contribution is 0.0180. The van der Waals surface area contributed by atoms with Crippen LogP contribution >= 0.6 is 11.6 Å². The van der Waals surface area contributed by atoms with E-state index in [1.807, 2.05) is 44.0 Å². The van der Waals surface area contributed by atoms with E-state index in [2.05, 4.69) is 46.6 Å². The standard InChI is InChI=1S/C28H32ClN3O2/c1-27(2,3)34-26(33)32-16-14-28(15-17-32,22-10-12-23(29)13-11-22)21-8-6-19(7-9-21)24-18-30-31-25(24)20-4-5-20/h6-13,18,20H,4-5,14-17H2,1-3H3,(H,30,31). The van der Waals surface area contributed by atoms with Crippen LogP contribution in [0.15, 0.2) is 54.7 Å². The van der Waals surface area contributed by atoms with Gasteiger partial charge >= 0.3 is 6.09 Å². The van der Waals surface area contributed by atoms with E-state index in [0.29, 0.717) is 19.0 Å². The van der Waals surface area contributed by atoms with Crippen molar-refractivity contribution in [3.63, 3.8) is 0 Å². The van der Waals surface area contributed by atoms with Crippen molar-refractivity contribution in [3.05, 3.63) is 76.6 Å². The van der Waals surface area contributed by atoms with Crippen molar-refractivity contribution in [2.45, 2.75) is 63.4 Å². The molecule has 1 aliphatic heterocycles. The zero-order valence-corrected chi connectivity index (χ0v) is 20.9. The van der Waals surface area contributed by atoms with Crippen LogP contribution in [0.25, 0.3) is 11.1 Å². The van der Waals surface area contributed by atoms with Crippen molar-refractivity contribution in [2.24, 2.45) is 0 Å². The summed E-state index contributed by atoms with van der Waals surface area (Å²) in [5, 5.41) is 8.24. The average Bonchev–Trinajstić information content (AvgIpc) is 3.55. The van der Waals surface area contributed by atoms with Crippen molar-refractivity contribution in [1.82, 2.24) is 15.1 Å². The number of piperidine rings is 1. The Kier molecular flexibility index (Phi) is 5.93. The molecular weight excluding hydrogens is 446 g/mol. The molecule has 0 bridgehead atoms. The topological polar surface area (TPSA) is 58.2 Å². The Bertz CT molecular complexity index is 1150. The lowest BCUT2D eigenvalue weighted by Gasteiger charge is -2.43. The third kappa shape index (κ3) is 4.58. The van der Waals surface area contributed by atoms with Gasteiger partial charge < -0.3 is 9.64 Å². The fraction of sp³-hybridized carbons (Fsp3) is 0.429. The van der Waals surface area contributed by atoms with Gasteiger partial charge in [0.15, 0.2) is 0 Å². The van der Waals surface area contributed by atoms with Gasteiger partial charge in [-0.25, -0.2) is 4.79 Å². The molecule has 0 unspecified atom stereocenters. The first-order valence-corrected chi connectivity index (χ1v) is 12.5. The number of amides is 1. The van der Waals surface area contributed by atoms with Gasteiger partial charge in [-0.05, 0) is 75.3 Å². The minimum absolute atomic E-state index is 0.183. The molecule has 1 aliphatic carbocycles. The number of halogens is 1. The molecule has 2 heterocycles. The number of benzene rings is 2. The second-order valence-corrected chi connectivity index (χ2v) is 11.0. The van der Waals surface area contributed by atoms with Crippen LogP contribution in [0.3, 0.4) is 0 Å². The summed E-state index contributed by atoms with van der Waals surface area (Å²) < 4.78 is 5.63. The maximum atomic E-state index is 12.7. The quantitative estimate of drug-likeness (QED) is 0.443. The van der Waals surface area contributed by atoms with Gasteiger partial charge in [-0.15, -0.1) is 0 Å². The van der Waals surface area contributed by atoms with Crippen LogP contribution < -0.4 is 0 Å². The molecule has 0 spiro atoms. The van der Waals surface area contributed by atoms with Crippen LogP contribution in [-0.4, -0.2) is 39.9 Å². The van der Waals surface area contributed by atoms with Crippen LogP contribution in [0.4, 0.5) is 4.79 Å². The summed E-state index contributed by atoms with van der Waals surface area (Å²) in [4.78, 5) is 14.5. The summed E-state index contributed by atoms with van der Waals surface area (Å²) in [6, 6.07) is 17.1. The SMILES string of the molecule is CC(C)(C)OC(=O)N1CCC(c2ccc(Cl)cc2)(c2ccc(-c3cn[nH]c3C3CC3)cc2)CC1. The third-order valence-electron chi connectivity index (χ3n) is 7.07. The average molecular weight is 478 g/mol. The zero-order chi connectivity index (χ0) is 23.9. The molecule has 6 heteroatoms. The predicted octanol–water partition coefficient (Wildman–Crippen LogP) is 6.92. The van der Waals surface area contributed by atoms with Crippen LogP contribution in [0.1, 0.15) is 69.2 Å². The number of carbonyl (C=O) groups excluding carboxylic acids is 1. The Balaban J connectivity index is 1.44. The summed E-state index contributed by atoms with van der Waals surface area (Å²) in [6.45, 7) is 7.01. The Hall–Kier alpha value is -2.79. The number of aromatic amines is 1. The predicted molar refractivity (Wildman–Crippen MR) is 135 cm³/mol. The first-order chi connectivity index (χ1) is 16.2. The second kappa shape index (κ2) is 8.77. The fourth-order valence-electron chi connectivity index (χ4n) is 5.09. The first kappa shape index (κ1) is 23.0. The summed E-state index contributed by atoms with van der Waals surface area (Å²) in [5.41, 5.74) is 5.47. The van der Waals surface area contributed by atoms with E-state index in [1.54, 1.807) is 0 Å². The molecule has 178 valence electrons. The highest BCUT2D eigenvalue weighted by Crippen LogP contribution is 2.45. The maximum Gasteiger partial charge on any atom is 0.410 e. The minimum Gasteiger partial charge on any atom is -0.444 e. The number of hydrogen-bond donors (Lipinski definition) is 1. The van der Waals surface area contributed by atoms with Gasteiger partial charge in [0, 0.05) is 40.7 Å². The molecule has 1 N–H and O–H groups in total. The zero-order valence-electron chi connectivity index (χ0n) is 20.1. The van der Waals surface area contributed by atoms with E-state index in [0.717, 1.165) is 17.9 Å². The summed E-state index contributed by atoms with van der Waals surface area (Å²) in [5.74, 6) is 0.620. The largest absolute Gasteiger partial charge is 0.444 e. The number of nitrogens with zero attached hydrogens (tertiary/aromatic N) is 2. The normalized spacial score (nSPS) is 18.1. The molecule has 1 saturated heterocycles. The van der Waals surface area contributed by atoms with E-state index in [-0.39, 0.29) is 11.5 Å². The number of hydrogen-bond acceptors (Lipinski definition) is 3. The maximum absolute atomic E-state index is 12.7. The second-order valence-electron chi connectivity index (χ2n) is 10.6. The molecule has 0 atom stereocenters. The number of ether oxygens (including phenoxy) is 1. The van der Waals surface area contributed by atoms with E-state index < -0.39 is 5.60 Å². The number of likely N-dealkylation sites (tertiary alicyclic amines) is 1. The summed E-state index contributed by atoms with van der Waals surface area (Å²) in [7, 11) is 0. The van der Waals surface area contributed by atoms with Crippen LogP contribution in [0, 0.1) is 0 Å². The van der Waals surface area contributed by atoms with Crippen LogP contribution in [-0.2, 0) is 10.2 Å². The Morgan fingerprint density at radius 3 is 2.18 bits per heavy atom. The van der Waals surface area contributed by atoms with E-state index >= 15 is 0 Å². The fourth-order valence-corrected chi connectivity index (χ4v) is 5.21. The number of carbonyl (C=O) groups is 1. The number of aromatic nitrogens is 2. The molecule has 1 saturated carbocycles. The highest BCUT2D eigenvalue weighted by Gasteiger charge is 2.40. The Labute approximate surface area is 206 Å². The Morgan fingerprint density at radius 2 is 1.62 bits per heavy atom. The van der Waals surface area contributed by atoms with Gasteiger partial charge in [0.2, 0.25) is 0 Å². The van der Waals surface area contributed by atoms with E-state index in [4.69, 9.17) is 16.3 Å². The van der Waals surface area contributed by atoms with Crippen molar-refractivity contribution in [2.75, 3.05) is 13.1 Å². The molecule has 1 amide bonds. The molecule has 3 aromatic rings. The highest BCUT2D eigenvalue weighted by molar-refractivity contribution is 6.30. The lowest BCUT2D eigenvalue weighted by atomic mass is 9.68. The highest BCUT2D eigenvalue weighted by atomic mass is 35.5. The number of H-pyrrole nitrogens is 1.